The Morgan fingerprint density at radius 2 is 1.88 bits per heavy atom. The second kappa shape index (κ2) is 6.18. The van der Waals surface area contributed by atoms with Crippen LogP contribution < -0.4 is 4.72 Å². The molecule has 2 N–H and O–H groups in total. The third kappa shape index (κ3) is 3.22. The minimum absolute atomic E-state index is 0.0348. The molecule has 1 aliphatic rings. The molecule has 0 spiro atoms. The van der Waals surface area contributed by atoms with Crippen molar-refractivity contribution >= 4 is 22.1 Å². The molecule has 0 bridgehead atoms. The molecule has 5 nitrogen and oxygen atoms in total. The fraction of sp³-hybridized carbons (Fsp3) is 0.118. The van der Waals surface area contributed by atoms with E-state index < -0.39 is 27.9 Å². The topological polar surface area (TPSA) is 83.5 Å². The second-order valence-electron chi connectivity index (χ2n) is 5.40. The molecule has 0 aliphatic heterocycles. The Morgan fingerprint density at radius 3 is 2.54 bits per heavy atom. The number of carboxylic acids is 1. The van der Waals surface area contributed by atoms with Gasteiger partial charge in [-0.2, -0.15) is 4.72 Å². The van der Waals surface area contributed by atoms with Gasteiger partial charge in [-0.3, -0.25) is 4.79 Å². The predicted octanol–water partition coefficient (Wildman–Crippen LogP) is 2.50. The maximum absolute atomic E-state index is 13.0. The summed E-state index contributed by atoms with van der Waals surface area (Å²) in [5.74, 6) is -1.47. The summed E-state index contributed by atoms with van der Waals surface area (Å²) in [6, 6.07) is 9.10. The van der Waals surface area contributed by atoms with Crippen LogP contribution in [0, 0.1) is 5.82 Å². The standard InChI is InChI=1S/C17H14FNO4S/c18-12-4-6-13(7-5-12)24(22,23)19-16-9-8-14-11(10-17(20)21)2-1-3-15(14)16/h1-9,16,19H,10H2,(H,20,21). The van der Waals surface area contributed by atoms with E-state index in [4.69, 9.17) is 5.11 Å². The molecule has 0 fully saturated rings. The minimum Gasteiger partial charge on any atom is -0.481 e. The summed E-state index contributed by atoms with van der Waals surface area (Å²) < 4.78 is 40.3. The van der Waals surface area contributed by atoms with Crippen LogP contribution >= 0.6 is 0 Å². The van der Waals surface area contributed by atoms with Crippen molar-refractivity contribution < 1.29 is 22.7 Å². The van der Waals surface area contributed by atoms with Crippen molar-refractivity contribution in [1.82, 2.24) is 4.72 Å². The Kier molecular flexibility index (Phi) is 4.21. The van der Waals surface area contributed by atoms with E-state index in [1.165, 1.54) is 12.1 Å². The first-order valence-electron chi connectivity index (χ1n) is 7.16. The number of hydrogen-bond donors (Lipinski definition) is 2. The lowest BCUT2D eigenvalue weighted by molar-refractivity contribution is -0.136. The third-order valence-corrected chi connectivity index (χ3v) is 5.23. The average Bonchev–Trinajstić information content (AvgIpc) is 2.91. The van der Waals surface area contributed by atoms with Gasteiger partial charge in [-0.25, -0.2) is 12.8 Å². The van der Waals surface area contributed by atoms with Gasteiger partial charge in [0.1, 0.15) is 5.82 Å². The highest BCUT2D eigenvalue weighted by molar-refractivity contribution is 7.89. The highest BCUT2D eigenvalue weighted by atomic mass is 32.2. The number of hydrogen-bond acceptors (Lipinski definition) is 3. The maximum Gasteiger partial charge on any atom is 0.307 e. The van der Waals surface area contributed by atoms with Crippen molar-refractivity contribution in [2.75, 3.05) is 0 Å². The van der Waals surface area contributed by atoms with Crippen molar-refractivity contribution in [3.63, 3.8) is 0 Å². The van der Waals surface area contributed by atoms with E-state index in [1.807, 2.05) is 0 Å². The second-order valence-corrected chi connectivity index (χ2v) is 7.12. The summed E-state index contributed by atoms with van der Waals surface area (Å²) >= 11 is 0. The van der Waals surface area contributed by atoms with Gasteiger partial charge in [-0.15, -0.1) is 0 Å². The first kappa shape index (κ1) is 16.4. The molecule has 0 aromatic heterocycles. The van der Waals surface area contributed by atoms with Crippen molar-refractivity contribution in [2.45, 2.75) is 17.4 Å². The van der Waals surface area contributed by atoms with E-state index in [0.717, 1.165) is 12.1 Å². The van der Waals surface area contributed by atoms with Gasteiger partial charge in [0.2, 0.25) is 10.0 Å². The molecular formula is C17H14FNO4S. The molecule has 1 unspecified atom stereocenters. The fourth-order valence-electron chi connectivity index (χ4n) is 2.67. The molecule has 0 saturated carbocycles. The van der Waals surface area contributed by atoms with E-state index >= 15 is 0 Å². The van der Waals surface area contributed by atoms with Gasteiger partial charge in [-0.05, 0) is 41.0 Å². The highest BCUT2D eigenvalue weighted by Gasteiger charge is 2.25. The summed E-state index contributed by atoms with van der Waals surface area (Å²) in [5, 5.41) is 8.96. The molecule has 7 heteroatoms. The molecule has 2 aromatic carbocycles. The zero-order valence-electron chi connectivity index (χ0n) is 12.4. The highest BCUT2D eigenvalue weighted by Crippen LogP contribution is 2.32. The Balaban J connectivity index is 1.88. The number of aliphatic carboxylic acids is 1. The van der Waals surface area contributed by atoms with E-state index in [1.54, 1.807) is 30.4 Å². The van der Waals surface area contributed by atoms with E-state index in [-0.39, 0.29) is 11.3 Å². The summed E-state index contributed by atoms with van der Waals surface area (Å²) in [6.45, 7) is 0. The van der Waals surface area contributed by atoms with Gasteiger partial charge in [0.05, 0.1) is 17.4 Å². The lowest BCUT2D eigenvalue weighted by Crippen LogP contribution is -2.27. The summed E-state index contributed by atoms with van der Waals surface area (Å²) in [7, 11) is -3.82. The van der Waals surface area contributed by atoms with Crippen LogP contribution in [0.5, 0.6) is 0 Å². The number of halogens is 1. The first-order valence-corrected chi connectivity index (χ1v) is 8.65. The van der Waals surface area contributed by atoms with Crippen molar-refractivity contribution in [3.05, 3.63) is 71.0 Å². The molecule has 1 aliphatic carbocycles. The Morgan fingerprint density at radius 1 is 1.17 bits per heavy atom. The molecular weight excluding hydrogens is 333 g/mol. The monoisotopic (exact) mass is 347 g/mol. The number of carboxylic acid groups (broad SMARTS) is 1. The van der Waals surface area contributed by atoms with Crippen LogP contribution in [0.1, 0.15) is 22.7 Å². The SMILES string of the molecule is O=C(O)Cc1cccc2c1C=CC2NS(=O)(=O)c1ccc(F)cc1. The largest absolute Gasteiger partial charge is 0.481 e. The van der Waals surface area contributed by atoms with E-state index in [0.29, 0.717) is 16.7 Å². The number of nitrogens with one attached hydrogen (secondary N) is 1. The van der Waals surface area contributed by atoms with E-state index in [9.17, 15) is 17.6 Å². The van der Waals surface area contributed by atoms with Gasteiger partial charge in [0.25, 0.3) is 0 Å². The summed E-state index contributed by atoms with van der Waals surface area (Å²) in [4.78, 5) is 10.9. The van der Waals surface area contributed by atoms with Gasteiger partial charge < -0.3 is 5.11 Å². The quantitative estimate of drug-likeness (QED) is 0.870. The Bertz CT molecular complexity index is 920. The lowest BCUT2D eigenvalue weighted by Gasteiger charge is -2.15. The van der Waals surface area contributed by atoms with Crippen LogP contribution in [0.3, 0.4) is 0 Å². The molecule has 0 radical (unpaired) electrons. The van der Waals surface area contributed by atoms with Gasteiger partial charge in [0.15, 0.2) is 0 Å². The van der Waals surface area contributed by atoms with Gasteiger partial charge >= 0.3 is 5.97 Å². The Labute approximate surface area is 138 Å². The van der Waals surface area contributed by atoms with Crippen molar-refractivity contribution in [1.29, 1.82) is 0 Å². The predicted molar refractivity (Wildman–Crippen MR) is 86.3 cm³/mol. The molecule has 1 atom stereocenters. The minimum atomic E-state index is -3.82. The number of fused-ring (bicyclic) bond motifs is 1. The van der Waals surface area contributed by atoms with Crippen LogP contribution in [-0.2, 0) is 21.2 Å². The van der Waals surface area contributed by atoms with Crippen LogP contribution in [0.2, 0.25) is 0 Å². The fourth-order valence-corrected chi connectivity index (χ4v) is 3.84. The van der Waals surface area contributed by atoms with Crippen LogP contribution in [0.15, 0.2) is 53.4 Å². The zero-order chi connectivity index (χ0) is 17.3. The first-order chi connectivity index (χ1) is 11.4. The number of rotatable bonds is 5. The lowest BCUT2D eigenvalue weighted by atomic mass is 10.00. The van der Waals surface area contributed by atoms with E-state index in [2.05, 4.69) is 4.72 Å². The van der Waals surface area contributed by atoms with Gasteiger partial charge in [0, 0.05) is 0 Å². The third-order valence-electron chi connectivity index (χ3n) is 3.77. The molecule has 2 aromatic rings. The van der Waals surface area contributed by atoms with Gasteiger partial charge in [-0.1, -0.05) is 30.4 Å². The number of sulfonamides is 1. The number of carbonyl (C=O) groups is 1. The normalized spacial score (nSPS) is 16.1. The molecule has 0 saturated heterocycles. The maximum atomic E-state index is 13.0. The molecule has 0 amide bonds. The number of benzene rings is 2. The van der Waals surface area contributed by atoms with Crippen LogP contribution in [-0.4, -0.2) is 19.5 Å². The summed E-state index contributed by atoms with van der Waals surface area (Å²) in [5.41, 5.74) is 2.03. The summed E-state index contributed by atoms with van der Waals surface area (Å²) in [6.07, 6.45) is 3.24. The van der Waals surface area contributed by atoms with Crippen molar-refractivity contribution in [2.24, 2.45) is 0 Å². The molecule has 3 rings (SSSR count). The molecule has 124 valence electrons. The zero-order valence-corrected chi connectivity index (χ0v) is 13.3. The smallest absolute Gasteiger partial charge is 0.307 e. The average molecular weight is 347 g/mol. The van der Waals surface area contributed by atoms with Crippen LogP contribution in [0.4, 0.5) is 4.39 Å². The Hall–Kier alpha value is -2.51. The van der Waals surface area contributed by atoms with Crippen LogP contribution in [0.25, 0.3) is 6.08 Å². The molecule has 24 heavy (non-hydrogen) atoms. The van der Waals surface area contributed by atoms with Crippen molar-refractivity contribution in [3.8, 4) is 0 Å². The molecule has 0 heterocycles.